The molecule has 1 saturated heterocycles. The number of nitrogens with one attached hydrogen (secondary N) is 2. The Kier molecular flexibility index (Phi) is 4.86. The highest BCUT2D eigenvalue weighted by atomic mass is 16.5. The second kappa shape index (κ2) is 6.83. The predicted octanol–water partition coefficient (Wildman–Crippen LogP) is 0.214. The predicted molar refractivity (Wildman–Crippen MR) is 76.4 cm³/mol. The third-order valence-electron chi connectivity index (χ3n) is 3.20. The van der Waals surface area contributed by atoms with Crippen LogP contribution in [-0.4, -0.2) is 56.7 Å². The number of amides is 3. The number of nitrogens with zero attached hydrogens (tertiary/aromatic N) is 1. The molecule has 114 valence electrons. The molecule has 2 rings (SSSR count). The summed E-state index contributed by atoms with van der Waals surface area (Å²) >= 11 is 0. The number of methoxy groups -OCH3 is 1. The van der Waals surface area contributed by atoms with E-state index in [0.29, 0.717) is 31.2 Å². The van der Waals surface area contributed by atoms with Crippen LogP contribution in [0.4, 0.5) is 4.79 Å². The molecule has 7 nitrogen and oxygen atoms in total. The highest BCUT2D eigenvalue weighted by molar-refractivity contribution is 5.90. The molecule has 21 heavy (non-hydrogen) atoms. The first-order valence-electron chi connectivity index (χ1n) is 6.67. The summed E-state index contributed by atoms with van der Waals surface area (Å²) in [5.74, 6) is 1.15. The molecule has 0 aliphatic carbocycles. The molecule has 0 bridgehead atoms. The molecule has 1 fully saturated rings. The van der Waals surface area contributed by atoms with Gasteiger partial charge in [-0.2, -0.15) is 0 Å². The summed E-state index contributed by atoms with van der Waals surface area (Å²) in [6.07, 6.45) is 0. The minimum Gasteiger partial charge on any atom is -0.493 e. The summed E-state index contributed by atoms with van der Waals surface area (Å²) in [7, 11) is 3.26. The molecule has 2 N–H and O–H groups in total. The van der Waals surface area contributed by atoms with Gasteiger partial charge in [-0.05, 0) is 12.1 Å². The van der Waals surface area contributed by atoms with E-state index >= 15 is 0 Å². The van der Waals surface area contributed by atoms with Gasteiger partial charge in [0, 0.05) is 13.6 Å². The van der Waals surface area contributed by atoms with E-state index in [4.69, 9.17) is 9.47 Å². The molecule has 0 aromatic heterocycles. The minimum absolute atomic E-state index is 0.142. The smallest absolute Gasteiger partial charge is 0.315 e. The molecule has 1 aromatic rings. The van der Waals surface area contributed by atoms with Gasteiger partial charge in [0.15, 0.2) is 11.5 Å². The number of ether oxygens (including phenoxy) is 2. The average Bonchev–Trinajstić information content (AvgIpc) is 2.93. The van der Waals surface area contributed by atoms with Crippen molar-refractivity contribution in [2.45, 2.75) is 6.04 Å². The molecule has 0 radical (unpaired) electrons. The van der Waals surface area contributed by atoms with E-state index in [0.717, 1.165) is 0 Å². The van der Waals surface area contributed by atoms with Gasteiger partial charge < -0.3 is 25.0 Å². The van der Waals surface area contributed by atoms with Gasteiger partial charge in [-0.15, -0.1) is 0 Å². The lowest BCUT2D eigenvalue weighted by Gasteiger charge is -2.20. The molecular weight excluding hydrogens is 274 g/mol. The second-order valence-electron chi connectivity index (χ2n) is 4.67. The van der Waals surface area contributed by atoms with E-state index < -0.39 is 6.04 Å². The Bertz CT molecular complexity index is 521. The highest BCUT2D eigenvalue weighted by Crippen LogP contribution is 2.25. The van der Waals surface area contributed by atoms with Crippen molar-refractivity contribution in [2.75, 3.05) is 33.9 Å². The Morgan fingerprint density at radius 3 is 2.71 bits per heavy atom. The lowest BCUT2D eigenvalue weighted by Crippen LogP contribution is -2.45. The van der Waals surface area contributed by atoms with Gasteiger partial charge in [-0.3, -0.25) is 4.79 Å². The molecule has 7 heteroatoms. The van der Waals surface area contributed by atoms with Crippen LogP contribution in [0.2, 0.25) is 0 Å². The van der Waals surface area contributed by atoms with Crippen LogP contribution in [0.5, 0.6) is 11.5 Å². The maximum atomic E-state index is 12.0. The van der Waals surface area contributed by atoms with Crippen molar-refractivity contribution in [1.82, 2.24) is 15.5 Å². The largest absolute Gasteiger partial charge is 0.493 e. The Balaban J connectivity index is 1.80. The Morgan fingerprint density at radius 1 is 1.38 bits per heavy atom. The van der Waals surface area contributed by atoms with E-state index in [-0.39, 0.29) is 11.9 Å². The Hall–Kier alpha value is -2.44. The van der Waals surface area contributed by atoms with Crippen LogP contribution >= 0.6 is 0 Å². The lowest BCUT2D eigenvalue weighted by atomic mass is 10.3. The van der Waals surface area contributed by atoms with Crippen LogP contribution in [0.3, 0.4) is 0 Å². The number of carbonyl (C=O) groups excluding carboxylic acids is 2. The number of hydrogen-bond donors (Lipinski definition) is 2. The summed E-state index contributed by atoms with van der Waals surface area (Å²) in [6, 6.07) is 6.51. The summed E-state index contributed by atoms with van der Waals surface area (Å²) in [5, 5.41) is 5.12. The molecule has 1 aliphatic heterocycles. The summed E-state index contributed by atoms with van der Waals surface area (Å²) in [4.78, 5) is 24.6. The zero-order valence-corrected chi connectivity index (χ0v) is 12.1. The van der Waals surface area contributed by atoms with Crippen LogP contribution in [0.25, 0.3) is 0 Å². The maximum Gasteiger partial charge on any atom is 0.315 e. The maximum absolute atomic E-state index is 12.0. The average molecular weight is 293 g/mol. The van der Waals surface area contributed by atoms with E-state index in [1.54, 1.807) is 14.2 Å². The first-order valence-corrected chi connectivity index (χ1v) is 6.67. The standard InChI is InChI=1S/C14H19N3O4/c1-17(13(18)10-9-15-14(19)16-10)7-8-21-12-6-4-3-5-11(12)20-2/h3-6,10H,7-9H2,1-2H3,(H2,15,16,19)/t10-/m1/s1. The van der Waals surface area contributed by atoms with Crippen molar-refractivity contribution in [3.05, 3.63) is 24.3 Å². The van der Waals surface area contributed by atoms with Crippen LogP contribution in [0.15, 0.2) is 24.3 Å². The van der Waals surface area contributed by atoms with E-state index in [1.807, 2.05) is 24.3 Å². The first kappa shape index (κ1) is 15.0. The van der Waals surface area contributed by atoms with Gasteiger partial charge >= 0.3 is 6.03 Å². The van der Waals surface area contributed by atoms with Gasteiger partial charge in [-0.1, -0.05) is 12.1 Å². The van der Waals surface area contributed by atoms with Crippen LogP contribution in [0.1, 0.15) is 0 Å². The summed E-state index contributed by atoms with van der Waals surface area (Å²) in [6.45, 7) is 1.08. The van der Waals surface area contributed by atoms with Crippen molar-refractivity contribution in [1.29, 1.82) is 0 Å². The molecule has 0 unspecified atom stereocenters. The van der Waals surface area contributed by atoms with Crippen LogP contribution < -0.4 is 20.1 Å². The first-order chi connectivity index (χ1) is 10.1. The third-order valence-corrected chi connectivity index (χ3v) is 3.20. The summed E-state index contributed by atoms with van der Waals surface area (Å²) < 4.78 is 10.8. The summed E-state index contributed by atoms with van der Waals surface area (Å²) in [5.41, 5.74) is 0. The number of rotatable bonds is 6. The van der Waals surface area contributed by atoms with Crippen LogP contribution in [0, 0.1) is 0 Å². The minimum atomic E-state index is -0.506. The molecule has 0 spiro atoms. The number of para-hydroxylation sites is 2. The van der Waals surface area contributed by atoms with Crippen LogP contribution in [-0.2, 0) is 4.79 Å². The zero-order valence-electron chi connectivity index (χ0n) is 12.1. The fourth-order valence-corrected chi connectivity index (χ4v) is 2.01. The van der Waals surface area contributed by atoms with Crippen molar-refractivity contribution in [3.63, 3.8) is 0 Å². The Morgan fingerprint density at radius 2 is 2.10 bits per heavy atom. The number of carbonyl (C=O) groups is 2. The number of urea groups is 1. The fraction of sp³-hybridized carbons (Fsp3) is 0.429. The van der Waals surface area contributed by atoms with Gasteiger partial charge in [0.2, 0.25) is 5.91 Å². The molecular formula is C14H19N3O4. The lowest BCUT2D eigenvalue weighted by molar-refractivity contribution is -0.131. The second-order valence-corrected chi connectivity index (χ2v) is 4.67. The van der Waals surface area contributed by atoms with E-state index in [1.165, 1.54) is 4.90 Å². The van der Waals surface area contributed by atoms with Crippen molar-refractivity contribution in [3.8, 4) is 11.5 Å². The zero-order chi connectivity index (χ0) is 15.2. The molecule has 1 atom stereocenters. The SMILES string of the molecule is COc1ccccc1OCCN(C)C(=O)[C@H]1CNC(=O)N1. The highest BCUT2D eigenvalue weighted by Gasteiger charge is 2.28. The van der Waals surface area contributed by atoms with Gasteiger partial charge in [-0.25, -0.2) is 4.79 Å². The molecule has 0 saturated carbocycles. The molecule has 1 aromatic carbocycles. The molecule has 3 amide bonds. The Labute approximate surface area is 123 Å². The van der Waals surface area contributed by atoms with Gasteiger partial charge in [0.1, 0.15) is 12.6 Å². The fourth-order valence-electron chi connectivity index (χ4n) is 2.01. The van der Waals surface area contributed by atoms with E-state index in [2.05, 4.69) is 10.6 Å². The molecule has 1 heterocycles. The topological polar surface area (TPSA) is 79.9 Å². The van der Waals surface area contributed by atoms with Crippen molar-refractivity contribution >= 4 is 11.9 Å². The number of benzene rings is 1. The van der Waals surface area contributed by atoms with E-state index in [9.17, 15) is 9.59 Å². The number of hydrogen-bond acceptors (Lipinski definition) is 4. The van der Waals surface area contributed by atoms with Crippen molar-refractivity contribution < 1.29 is 19.1 Å². The van der Waals surface area contributed by atoms with Gasteiger partial charge in [0.25, 0.3) is 0 Å². The monoisotopic (exact) mass is 293 g/mol. The van der Waals surface area contributed by atoms with Crippen molar-refractivity contribution in [2.24, 2.45) is 0 Å². The number of likely N-dealkylation sites (N-methyl/N-ethyl adjacent to an activating group) is 1. The molecule has 1 aliphatic rings. The van der Waals surface area contributed by atoms with Gasteiger partial charge in [0.05, 0.1) is 13.7 Å². The quantitative estimate of drug-likeness (QED) is 0.786. The third kappa shape index (κ3) is 3.77. The normalized spacial score (nSPS) is 16.9.